The van der Waals surface area contributed by atoms with Crippen LogP contribution >= 0.6 is 0 Å². The minimum absolute atomic E-state index is 0.0770. The molecule has 10 heteroatoms. The molecule has 2 aromatic rings. The molecule has 130 valence electrons. The van der Waals surface area contributed by atoms with Gasteiger partial charge in [-0.05, 0) is 24.6 Å². The molecule has 0 saturated heterocycles. The minimum atomic E-state index is -3.51. The Morgan fingerprint density at radius 1 is 1.12 bits per heavy atom. The molecule has 1 aliphatic heterocycles. The highest BCUT2D eigenvalue weighted by Gasteiger charge is 2.32. The molecular weight excluding hydrogens is 348 g/mol. The molecule has 1 aromatic heterocycles. The summed E-state index contributed by atoms with van der Waals surface area (Å²) in [6.45, 7) is 1.70. The second kappa shape index (κ2) is 5.45. The Hall–Kier alpha value is -3.14. The van der Waals surface area contributed by atoms with Gasteiger partial charge in [0, 0.05) is 6.07 Å². The molecule has 0 fully saturated rings. The standard InChI is InChI=1S/C15H14N4O5S/c1-7-3-4-8(18-25(2,23)24)5-10(7)19-11(20)6-9-12(13(19)16)15(22)17-14(9)21/h3-6,18H,16H2,1-2H3,(H,17,21,22). The summed E-state index contributed by atoms with van der Waals surface area (Å²) in [6, 6.07) is 5.59. The molecule has 0 radical (unpaired) electrons. The van der Waals surface area contributed by atoms with E-state index in [1.54, 1.807) is 13.0 Å². The van der Waals surface area contributed by atoms with Crippen LogP contribution in [0.25, 0.3) is 5.69 Å². The third-order valence-corrected chi connectivity index (χ3v) is 4.31. The molecule has 9 nitrogen and oxygen atoms in total. The molecule has 0 bridgehead atoms. The third-order valence-electron chi connectivity index (χ3n) is 3.71. The van der Waals surface area contributed by atoms with Gasteiger partial charge in [-0.1, -0.05) is 6.07 Å². The zero-order chi connectivity index (χ0) is 18.5. The number of hydrogen-bond donors (Lipinski definition) is 3. The third kappa shape index (κ3) is 2.87. The highest BCUT2D eigenvalue weighted by molar-refractivity contribution is 7.92. The van der Waals surface area contributed by atoms with E-state index < -0.39 is 27.4 Å². The Balaban J connectivity index is 2.26. The van der Waals surface area contributed by atoms with E-state index in [9.17, 15) is 22.8 Å². The van der Waals surface area contributed by atoms with E-state index in [4.69, 9.17) is 5.73 Å². The smallest absolute Gasteiger partial charge is 0.262 e. The largest absolute Gasteiger partial charge is 0.384 e. The molecule has 1 aromatic carbocycles. The molecule has 0 aliphatic carbocycles. The fourth-order valence-electron chi connectivity index (χ4n) is 2.66. The number of nitrogen functional groups attached to an aromatic ring is 1. The number of pyridine rings is 1. The van der Waals surface area contributed by atoms with Gasteiger partial charge in [-0.15, -0.1) is 0 Å². The van der Waals surface area contributed by atoms with Crippen molar-refractivity contribution in [1.82, 2.24) is 9.88 Å². The van der Waals surface area contributed by atoms with Gasteiger partial charge < -0.3 is 5.73 Å². The molecule has 2 heterocycles. The zero-order valence-electron chi connectivity index (χ0n) is 13.3. The van der Waals surface area contributed by atoms with Crippen molar-refractivity contribution in [2.75, 3.05) is 16.7 Å². The Bertz CT molecular complexity index is 1100. The first-order valence-corrected chi connectivity index (χ1v) is 8.97. The average molecular weight is 362 g/mol. The minimum Gasteiger partial charge on any atom is -0.384 e. The number of hydrogen-bond acceptors (Lipinski definition) is 6. The number of aryl methyl sites for hydroxylation is 1. The predicted molar refractivity (Wildman–Crippen MR) is 91.5 cm³/mol. The molecule has 0 spiro atoms. The van der Waals surface area contributed by atoms with E-state index in [2.05, 4.69) is 10.0 Å². The maximum absolute atomic E-state index is 12.5. The summed E-state index contributed by atoms with van der Waals surface area (Å²) in [7, 11) is -3.51. The van der Waals surface area contributed by atoms with Crippen LogP contribution in [0.1, 0.15) is 26.3 Å². The van der Waals surface area contributed by atoms with Gasteiger partial charge in [0.15, 0.2) is 0 Å². The van der Waals surface area contributed by atoms with Crippen LogP contribution in [-0.2, 0) is 10.0 Å². The molecule has 4 N–H and O–H groups in total. The lowest BCUT2D eigenvalue weighted by Crippen LogP contribution is -2.24. The van der Waals surface area contributed by atoms with Crippen LogP contribution in [0.2, 0.25) is 0 Å². The number of carbonyl (C=O) groups excluding carboxylic acids is 2. The number of benzene rings is 1. The highest BCUT2D eigenvalue weighted by Crippen LogP contribution is 2.26. The fraction of sp³-hybridized carbons (Fsp3) is 0.133. The second-order valence-electron chi connectivity index (χ2n) is 5.65. The lowest BCUT2D eigenvalue weighted by molar-refractivity contribution is 0.0880. The van der Waals surface area contributed by atoms with Crippen molar-refractivity contribution in [3.8, 4) is 5.69 Å². The number of anilines is 2. The summed E-state index contributed by atoms with van der Waals surface area (Å²) >= 11 is 0. The first kappa shape index (κ1) is 16.7. The summed E-state index contributed by atoms with van der Waals surface area (Å²) in [5, 5.41) is 2.08. The summed E-state index contributed by atoms with van der Waals surface area (Å²) in [5.74, 6) is -1.56. The molecule has 0 unspecified atom stereocenters. The number of fused-ring (bicyclic) bond motifs is 1. The van der Waals surface area contributed by atoms with Gasteiger partial charge in [-0.2, -0.15) is 0 Å². The highest BCUT2D eigenvalue weighted by atomic mass is 32.2. The van der Waals surface area contributed by atoms with Crippen LogP contribution in [-0.4, -0.2) is 31.1 Å². The average Bonchev–Trinajstić information content (AvgIpc) is 2.75. The van der Waals surface area contributed by atoms with Gasteiger partial charge in [-0.3, -0.25) is 29.0 Å². The van der Waals surface area contributed by atoms with Crippen molar-refractivity contribution in [2.45, 2.75) is 6.92 Å². The summed E-state index contributed by atoms with van der Waals surface area (Å²) < 4.78 is 26.2. The maximum Gasteiger partial charge on any atom is 0.262 e. The van der Waals surface area contributed by atoms with Crippen LogP contribution in [0.3, 0.4) is 0 Å². The number of nitrogens with one attached hydrogen (secondary N) is 2. The van der Waals surface area contributed by atoms with Crippen molar-refractivity contribution in [3.63, 3.8) is 0 Å². The van der Waals surface area contributed by atoms with Gasteiger partial charge in [0.25, 0.3) is 17.4 Å². The van der Waals surface area contributed by atoms with Crippen LogP contribution < -0.4 is 21.3 Å². The molecule has 25 heavy (non-hydrogen) atoms. The van der Waals surface area contributed by atoms with Gasteiger partial charge in [0.05, 0.1) is 28.8 Å². The quantitative estimate of drug-likeness (QED) is 0.656. The van der Waals surface area contributed by atoms with E-state index in [1.807, 2.05) is 0 Å². The predicted octanol–water partition coefficient (Wildman–Crippen LogP) is -0.0168. The number of aromatic nitrogens is 1. The van der Waals surface area contributed by atoms with Crippen LogP contribution in [0.5, 0.6) is 0 Å². The van der Waals surface area contributed by atoms with Crippen LogP contribution in [0, 0.1) is 6.92 Å². The van der Waals surface area contributed by atoms with Gasteiger partial charge >= 0.3 is 0 Å². The van der Waals surface area contributed by atoms with Gasteiger partial charge in [0.1, 0.15) is 5.82 Å². The lowest BCUT2D eigenvalue weighted by Gasteiger charge is -2.15. The number of rotatable bonds is 3. The Kier molecular flexibility index (Phi) is 3.64. The number of carbonyl (C=O) groups is 2. The molecule has 0 atom stereocenters. The Labute approximate surface area is 142 Å². The topological polar surface area (TPSA) is 140 Å². The zero-order valence-corrected chi connectivity index (χ0v) is 14.1. The first-order chi connectivity index (χ1) is 11.6. The van der Waals surface area contributed by atoms with Crippen molar-refractivity contribution < 1.29 is 18.0 Å². The van der Waals surface area contributed by atoms with Crippen LogP contribution in [0.15, 0.2) is 29.1 Å². The number of nitrogens with zero attached hydrogens (tertiary/aromatic N) is 1. The SMILES string of the molecule is Cc1ccc(NS(C)(=O)=O)cc1-n1c(N)c2c(cc1=O)C(=O)NC2=O. The van der Waals surface area contributed by atoms with Gasteiger partial charge in [-0.25, -0.2) is 8.42 Å². The first-order valence-electron chi connectivity index (χ1n) is 7.08. The maximum atomic E-state index is 12.5. The number of amides is 2. The molecule has 0 saturated carbocycles. The van der Waals surface area contributed by atoms with Crippen molar-refractivity contribution in [2.24, 2.45) is 0 Å². The normalized spacial score (nSPS) is 13.5. The monoisotopic (exact) mass is 362 g/mol. The fourth-order valence-corrected chi connectivity index (χ4v) is 3.21. The lowest BCUT2D eigenvalue weighted by atomic mass is 10.1. The van der Waals surface area contributed by atoms with Crippen molar-refractivity contribution >= 4 is 33.3 Å². The van der Waals surface area contributed by atoms with E-state index in [0.29, 0.717) is 11.3 Å². The van der Waals surface area contributed by atoms with Crippen LogP contribution in [0.4, 0.5) is 11.5 Å². The molecule has 1 aliphatic rings. The van der Waals surface area contributed by atoms with E-state index >= 15 is 0 Å². The Morgan fingerprint density at radius 2 is 1.80 bits per heavy atom. The summed E-state index contributed by atoms with van der Waals surface area (Å²) in [6.07, 6.45) is 0.998. The Morgan fingerprint density at radius 3 is 2.44 bits per heavy atom. The van der Waals surface area contributed by atoms with Crippen molar-refractivity contribution in [1.29, 1.82) is 0 Å². The number of sulfonamides is 1. The van der Waals surface area contributed by atoms with E-state index in [-0.39, 0.29) is 22.6 Å². The van der Waals surface area contributed by atoms with E-state index in [0.717, 1.165) is 16.9 Å². The molecule has 2 amide bonds. The van der Waals surface area contributed by atoms with E-state index in [1.165, 1.54) is 12.1 Å². The van der Waals surface area contributed by atoms with Gasteiger partial charge in [0.2, 0.25) is 10.0 Å². The second-order valence-corrected chi connectivity index (χ2v) is 7.40. The summed E-state index contributed by atoms with van der Waals surface area (Å²) in [4.78, 5) is 36.1. The summed E-state index contributed by atoms with van der Waals surface area (Å²) in [5.41, 5.74) is 6.36. The van der Waals surface area contributed by atoms with Crippen molar-refractivity contribution in [3.05, 3.63) is 51.3 Å². The molecule has 3 rings (SSSR count). The number of nitrogens with two attached hydrogens (primary N) is 1. The number of imide groups is 1. The molecular formula is C15H14N4O5S.